The van der Waals surface area contributed by atoms with E-state index in [1.165, 1.54) is 6.08 Å². The normalized spacial score (nSPS) is 18.2. The van der Waals surface area contributed by atoms with Gasteiger partial charge < -0.3 is 19.9 Å². The number of hydrogen-bond acceptors (Lipinski definition) is 7. The lowest BCUT2D eigenvalue weighted by molar-refractivity contribution is -0.137. The molecule has 2 aliphatic heterocycles. The molecule has 0 aromatic heterocycles. The number of morpholine rings is 1. The molecule has 2 N–H and O–H groups in total. The van der Waals surface area contributed by atoms with E-state index in [2.05, 4.69) is 10.2 Å². The predicted octanol–water partition coefficient (Wildman–Crippen LogP) is 0.0545. The van der Waals surface area contributed by atoms with Crippen molar-refractivity contribution in [3.63, 3.8) is 0 Å². The summed E-state index contributed by atoms with van der Waals surface area (Å²) in [5, 5.41) is 11.9. The molecule has 3 rings (SSSR count). The zero-order valence-corrected chi connectivity index (χ0v) is 14.5. The zero-order valence-electron chi connectivity index (χ0n) is 14.5. The van der Waals surface area contributed by atoms with Crippen LogP contribution in [0.5, 0.6) is 5.75 Å². The lowest BCUT2D eigenvalue weighted by Crippen LogP contribution is -2.38. The fourth-order valence-electron chi connectivity index (χ4n) is 2.86. The Morgan fingerprint density at radius 1 is 1.15 bits per heavy atom. The first-order chi connectivity index (χ1) is 12.7. The molecule has 0 unspecified atom stereocenters. The highest BCUT2D eigenvalue weighted by Gasteiger charge is 2.31. The minimum Gasteiger partial charge on any atom is -0.490 e. The number of benzene rings is 1. The lowest BCUT2D eigenvalue weighted by atomic mass is 10.2. The highest BCUT2D eigenvalue weighted by atomic mass is 16.5. The van der Waals surface area contributed by atoms with Gasteiger partial charge in [0, 0.05) is 25.7 Å². The Bertz CT molecular complexity index is 685. The Labute approximate surface area is 152 Å². The van der Waals surface area contributed by atoms with Gasteiger partial charge in [0.2, 0.25) is 0 Å². The van der Waals surface area contributed by atoms with Gasteiger partial charge in [0.1, 0.15) is 18.1 Å². The summed E-state index contributed by atoms with van der Waals surface area (Å²) in [5.74, 6) is -0.271. The Balaban J connectivity index is 1.59. The summed E-state index contributed by atoms with van der Waals surface area (Å²) in [6, 6.07) is 7.28. The lowest BCUT2D eigenvalue weighted by Gasteiger charge is -2.26. The molecule has 2 amide bonds. The number of amides is 2. The molecule has 26 heavy (non-hydrogen) atoms. The fraction of sp³-hybridized carbons (Fsp3) is 0.444. The average Bonchev–Trinajstić information content (AvgIpc) is 2.92. The number of nitrogens with zero attached hydrogens (tertiary/aromatic N) is 2. The molecule has 0 saturated carbocycles. The van der Waals surface area contributed by atoms with E-state index in [0.717, 1.165) is 37.7 Å². The highest BCUT2D eigenvalue weighted by Crippen LogP contribution is 2.27. The topological polar surface area (TPSA) is 91.3 Å². The van der Waals surface area contributed by atoms with Gasteiger partial charge in [-0.1, -0.05) is 12.1 Å². The van der Waals surface area contributed by atoms with Crippen LogP contribution in [0.2, 0.25) is 0 Å². The third-order valence-electron chi connectivity index (χ3n) is 4.26. The van der Waals surface area contributed by atoms with Gasteiger partial charge in [-0.05, 0) is 12.1 Å². The van der Waals surface area contributed by atoms with E-state index in [0.29, 0.717) is 18.0 Å². The maximum absolute atomic E-state index is 12.2. The Hall–Kier alpha value is -2.42. The number of β-amino-alcohol motifs (C(OH)–C–C–N with tert-alkyl or cyclic N) is 1. The second-order valence-electron chi connectivity index (χ2n) is 6.00. The Kier molecular flexibility index (Phi) is 6.21. The Morgan fingerprint density at radius 3 is 2.69 bits per heavy atom. The molecule has 1 aromatic rings. The minimum atomic E-state index is -0.452. The van der Waals surface area contributed by atoms with Gasteiger partial charge in [-0.25, -0.2) is 0 Å². The number of anilines is 1. The van der Waals surface area contributed by atoms with Crippen molar-refractivity contribution >= 4 is 17.5 Å². The monoisotopic (exact) mass is 361 g/mol. The van der Waals surface area contributed by atoms with Crippen molar-refractivity contribution in [1.29, 1.82) is 0 Å². The molecule has 0 bridgehead atoms. The van der Waals surface area contributed by atoms with Crippen molar-refractivity contribution in [3.8, 4) is 5.75 Å². The van der Waals surface area contributed by atoms with Gasteiger partial charge in [0.25, 0.3) is 11.8 Å². The number of para-hydroxylation sites is 2. The quantitative estimate of drug-likeness (QED) is 0.633. The van der Waals surface area contributed by atoms with E-state index in [1.807, 2.05) is 18.2 Å². The molecule has 0 aliphatic carbocycles. The van der Waals surface area contributed by atoms with Crippen molar-refractivity contribution in [1.82, 2.24) is 9.80 Å². The summed E-state index contributed by atoms with van der Waals surface area (Å²) in [6.07, 6.45) is 1.24. The van der Waals surface area contributed by atoms with E-state index in [-0.39, 0.29) is 18.8 Å². The van der Waals surface area contributed by atoms with Crippen molar-refractivity contribution in [3.05, 3.63) is 36.0 Å². The van der Waals surface area contributed by atoms with Gasteiger partial charge in [-0.15, -0.1) is 0 Å². The molecular weight excluding hydrogens is 338 g/mol. The maximum Gasteiger partial charge on any atom is 0.277 e. The minimum absolute atomic E-state index is 0.0168. The van der Waals surface area contributed by atoms with Gasteiger partial charge in [-0.2, -0.15) is 0 Å². The number of aliphatic hydroxyl groups is 1. The largest absolute Gasteiger partial charge is 0.490 e. The van der Waals surface area contributed by atoms with Crippen LogP contribution in [-0.2, 0) is 14.3 Å². The summed E-state index contributed by atoms with van der Waals surface area (Å²) in [7, 11) is 0. The number of nitrogens with one attached hydrogen (secondary N) is 1. The van der Waals surface area contributed by atoms with Crippen LogP contribution in [0.3, 0.4) is 0 Å². The van der Waals surface area contributed by atoms with Crippen LogP contribution in [0.4, 0.5) is 5.69 Å². The number of hydrogen-bond donors (Lipinski definition) is 2. The van der Waals surface area contributed by atoms with Crippen LogP contribution in [0, 0.1) is 0 Å². The molecule has 2 heterocycles. The highest BCUT2D eigenvalue weighted by molar-refractivity contribution is 6.17. The third-order valence-corrected chi connectivity index (χ3v) is 4.26. The van der Waals surface area contributed by atoms with Crippen LogP contribution >= 0.6 is 0 Å². The first kappa shape index (κ1) is 18.4. The molecule has 8 heteroatoms. The smallest absolute Gasteiger partial charge is 0.277 e. The van der Waals surface area contributed by atoms with Gasteiger partial charge in [0.15, 0.2) is 0 Å². The van der Waals surface area contributed by atoms with Crippen molar-refractivity contribution in [2.75, 3.05) is 57.9 Å². The Morgan fingerprint density at radius 2 is 1.92 bits per heavy atom. The van der Waals surface area contributed by atoms with E-state index in [4.69, 9.17) is 14.6 Å². The number of rotatable bonds is 8. The van der Waals surface area contributed by atoms with E-state index in [1.54, 1.807) is 6.07 Å². The van der Waals surface area contributed by atoms with Crippen molar-refractivity contribution in [2.24, 2.45) is 0 Å². The molecule has 0 spiro atoms. The standard InChI is InChI=1S/C18H23N3O5/c22-9-5-21-17(23)13-15(18(21)24)19-14-3-1-2-4-16(14)26-12-8-20-6-10-25-11-7-20/h1-4,13,19,22H,5-12H2. The molecule has 2 aliphatic rings. The number of carbonyl (C=O) groups is 2. The molecule has 140 valence electrons. The number of imide groups is 1. The van der Waals surface area contributed by atoms with Crippen LogP contribution in [0.25, 0.3) is 0 Å². The summed E-state index contributed by atoms with van der Waals surface area (Å²) >= 11 is 0. The van der Waals surface area contributed by atoms with Crippen LogP contribution in [-0.4, -0.2) is 79.3 Å². The summed E-state index contributed by atoms with van der Waals surface area (Å²) in [6.45, 7) is 4.31. The third kappa shape index (κ3) is 4.40. The van der Waals surface area contributed by atoms with Gasteiger partial charge in [-0.3, -0.25) is 19.4 Å². The molecule has 8 nitrogen and oxygen atoms in total. The van der Waals surface area contributed by atoms with Crippen LogP contribution in [0.15, 0.2) is 36.0 Å². The first-order valence-corrected chi connectivity index (χ1v) is 8.66. The van der Waals surface area contributed by atoms with Crippen LogP contribution < -0.4 is 10.1 Å². The molecule has 0 atom stereocenters. The van der Waals surface area contributed by atoms with E-state index < -0.39 is 11.8 Å². The van der Waals surface area contributed by atoms with Crippen LogP contribution in [0.1, 0.15) is 0 Å². The van der Waals surface area contributed by atoms with Gasteiger partial charge in [0.05, 0.1) is 32.1 Å². The number of carbonyl (C=O) groups excluding carboxylic acids is 2. The molecule has 1 fully saturated rings. The second kappa shape index (κ2) is 8.79. The maximum atomic E-state index is 12.2. The fourth-order valence-corrected chi connectivity index (χ4v) is 2.86. The van der Waals surface area contributed by atoms with E-state index in [9.17, 15) is 9.59 Å². The van der Waals surface area contributed by atoms with Crippen molar-refractivity contribution in [2.45, 2.75) is 0 Å². The van der Waals surface area contributed by atoms with Gasteiger partial charge >= 0.3 is 0 Å². The second-order valence-corrected chi connectivity index (χ2v) is 6.00. The average molecular weight is 361 g/mol. The molecule has 1 aromatic carbocycles. The number of ether oxygens (including phenoxy) is 2. The molecule has 1 saturated heterocycles. The predicted molar refractivity (Wildman–Crippen MR) is 94.7 cm³/mol. The molecular formula is C18H23N3O5. The zero-order chi connectivity index (χ0) is 18.4. The first-order valence-electron chi connectivity index (χ1n) is 8.66. The molecule has 0 radical (unpaired) electrons. The summed E-state index contributed by atoms with van der Waals surface area (Å²) in [4.78, 5) is 27.4. The van der Waals surface area contributed by atoms with E-state index >= 15 is 0 Å². The number of aliphatic hydroxyl groups excluding tert-OH is 1. The SMILES string of the molecule is O=C1C=C(Nc2ccccc2OCCN2CCOCC2)C(=O)N1CCO. The summed E-state index contributed by atoms with van der Waals surface area (Å²) in [5.41, 5.74) is 0.792. The summed E-state index contributed by atoms with van der Waals surface area (Å²) < 4.78 is 11.2. The van der Waals surface area contributed by atoms with Crippen molar-refractivity contribution < 1.29 is 24.2 Å².